The highest BCUT2D eigenvalue weighted by Crippen LogP contribution is 2.19. The van der Waals surface area contributed by atoms with Crippen LogP contribution in [0.25, 0.3) is 0 Å². The van der Waals surface area contributed by atoms with Crippen LogP contribution in [0.4, 0.5) is 0 Å². The lowest BCUT2D eigenvalue weighted by atomic mass is 9.90. The lowest BCUT2D eigenvalue weighted by Crippen LogP contribution is -2.73. The van der Waals surface area contributed by atoms with Crippen molar-refractivity contribution in [2.75, 3.05) is 20.3 Å². The van der Waals surface area contributed by atoms with E-state index in [-0.39, 0.29) is 17.2 Å². The van der Waals surface area contributed by atoms with Gasteiger partial charge < -0.3 is 20.6 Å². The van der Waals surface area contributed by atoms with Gasteiger partial charge in [0.1, 0.15) is 11.8 Å². The van der Waals surface area contributed by atoms with Gasteiger partial charge in [-0.2, -0.15) is 0 Å². The molecule has 1 aliphatic heterocycles. The molecule has 1 fully saturated rings. The number of rotatable bonds is 4. The molecule has 5 heteroatoms. The molecular formula is C10H17N2O3+. The average molecular weight is 213 g/mol. The minimum Gasteiger partial charge on any atom is -0.477 e. The molecule has 0 radical (unpaired) electrons. The summed E-state index contributed by atoms with van der Waals surface area (Å²) < 4.78 is 5.18. The van der Waals surface area contributed by atoms with Crippen LogP contribution in [0.2, 0.25) is 0 Å². The minimum atomic E-state index is -1.02. The number of carboxylic acids is 1. The molecule has 1 saturated heterocycles. The number of hydrogen-bond acceptors (Lipinski definition) is 3. The Kier molecular flexibility index (Phi) is 4.45. The molecule has 1 heterocycles. The Balaban J connectivity index is 2.71. The molecule has 0 atom stereocenters. The molecule has 0 saturated carbocycles. The molecule has 15 heavy (non-hydrogen) atoms. The summed E-state index contributed by atoms with van der Waals surface area (Å²) in [6, 6.07) is 0. The molecule has 1 rings (SSSR count). The van der Waals surface area contributed by atoms with E-state index < -0.39 is 5.97 Å². The van der Waals surface area contributed by atoms with E-state index in [2.05, 4.69) is 0 Å². The second-order valence-electron chi connectivity index (χ2n) is 3.52. The highest BCUT2D eigenvalue weighted by atomic mass is 16.5. The van der Waals surface area contributed by atoms with E-state index in [1.165, 1.54) is 6.20 Å². The third-order valence-corrected chi connectivity index (χ3v) is 2.48. The first-order valence-electron chi connectivity index (χ1n) is 5.06. The molecule has 1 aliphatic rings. The molecule has 0 amide bonds. The minimum absolute atomic E-state index is 0.0287. The van der Waals surface area contributed by atoms with Crippen LogP contribution in [0.1, 0.15) is 12.8 Å². The zero-order chi connectivity index (χ0) is 11.3. The van der Waals surface area contributed by atoms with Gasteiger partial charge in [0, 0.05) is 19.1 Å². The fraction of sp³-hybridized carbons (Fsp3) is 0.600. The number of nitrogens with two attached hydrogens (primary N) is 1. The highest BCUT2D eigenvalue weighted by molar-refractivity contribution is 6.18. The van der Waals surface area contributed by atoms with Gasteiger partial charge in [-0.15, -0.1) is 0 Å². The van der Waals surface area contributed by atoms with Gasteiger partial charge in [-0.1, -0.05) is 0 Å². The molecule has 0 aliphatic carbocycles. The number of carboxylic acid groups (broad SMARTS) is 1. The zero-order valence-corrected chi connectivity index (χ0v) is 8.82. The molecule has 0 spiro atoms. The van der Waals surface area contributed by atoms with Crippen LogP contribution in [0.15, 0.2) is 11.8 Å². The van der Waals surface area contributed by atoms with Crippen molar-refractivity contribution in [3.05, 3.63) is 11.8 Å². The van der Waals surface area contributed by atoms with Gasteiger partial charge in [-0.25, -0.2) is 4.79 Å². The summed E-state index contributed by atoms with van der Waals surface area (Å²) in [5, 5.41) is 18.4. The van der Waals surface area contributed by atoms with E-state index >= 15 is 0 Å². The standard InChI is InChI=1S/C10H16N2O3/c1-12-6-8(10(13)14)9(11)7-2-4-15-5-3-7/h6-7,11-12H,2-5H2,1H3,(H,13,14)/p+1. The predicted molar refractivity (Wildman–Crippen MR) is 54.8 cm³/mol. The average Bonchev–Trinajstić information content (AvgIpc) is 2.26. The van der Waals surface area contributed by atoms with Gasteiger partial charge in [0.15, 0.2) is 0 Å². The van der Waals surface area contributed by atoms with Crippen molar-refractivity contribution in [1.82, 2.24) is 0 Å². The second-order valence-corrected chi connectivity index (χ2v) is 3.52. The summed E-state index contributed by atoms with van der Waals surface area (Å²) in [7, 11) is 1.75. The van der Waals surface area contributed by atoms with Gasteiger partial charge in [0.25, 0.3) is 0 Å². The van der Waals surface area contributed by atoms with Gasteiger partial charge in [0.2, 0.25) is 0 Å². The predicted octanol–water partition coefficient (Wildman–Crippen LogP) is -0.406. The fourth-order valence-corrected chi connectivity index (χ4v) is 1.65. The van der Waals surface area contributed by atoms with E-state index in [4.69, 9.17) is 15.3 Å². The fourth-order valence-electron chi connectivity index (χ4n) is 1.65. The number of aliphatic carboxylic acids is 1. The summed E-state index contributed by atoms with van der Waals surface area (Å²) in [4.78, 5) is 10.9. The number of quaternary nitrogens is 1. The topological polar surface area (TPSA) is 87.0 Å². The Bertz CT molecular complexity index is 280. The lowest BCUT2D eigenvalue weighted by molar-refractivity contribution is -0.556. The smallest absolute Gasteiger partial charge is 0.342 e. The Hall–Kier alpha value is -1.20. The van der Waals surface area contributed by atoms with Crippen molar-refractivity contribution in [2.45, 2.75) is 12.8 Å². The number of hydrogen-bond donors (Lipinski definition) is 3. The molecule has 0 aromatic heterocycles. The summed E-state index contributed by atoms with van der Waals surface area (Å²) in [6.07, 6.45) is 2.97. The Morgan fingerprint density at radius 3 is 2.60 bits per heavy atom. The maximum atomic E-state index is 10.9. The van der Waals surface area contributed by atoms with Crippen molar-refractivity contribution >= 4 is 11.7 Å². The molecule has 0 unspecified atom stereocenters. The monoisotopic (exact) mass is 213 g/mol. The molecule has 0 aromatic carbocycles. The second kappa shape index (κ2) is 5.63. The first-order valence-corrected chi connectivity index (χ1v) is 5.06. The summed E-state index contributed by atoms with van der Waals surface area (Å²) in [5.74, 6) is -0.995. The Morgan fingerprint density at radius 2 is 2.13 bits per heavy atom. The van der Waals surface area contributed by atoms with E-state index in [1.807, 2.05) is 0 Å². The van der Waals surface area contributed by atoms with Crippen molar-refractivity contribution in [2.24, 2.45) is 5.92 Å². The van der Waals surface area contributed by atoms with E-state index in [1.54, 1.807) is 12.4 Å². The molecule has 0 bridgehead atoms. The third-order valence-electron chi connectivity index (χ3n) is 2.48. The maximum Gasteiger partial charge on any atom is 0.342 e. The van der Waals surface area contributed by atoms with Crippen LogP contribution in [0.3, 0.4) is 0 Å². The Labute approximate surface area is 88.6 Å². The normalized spacial score (nSPS) is 18.9. The van der Waals surface area contributed by atoms with Gasteiger partial charge in [0.05, 0.1) is 12.8 Å². The first-order chi connectivity index (χ1) is 7.16. The molecule has 4 N–H and O–H groups in total. The lowest BCUT2D eigenvalue weighted by Gasteiger charge is -2.22. The zero-order valence-electron chi connectivity index (χ0n) is 8.82. The van der Waals surface area contributed by atoms with Crippen LogP contribution in [0, 0.1) is 11.3 Å². The number of nitrogens with one attached hydrogen (secondary N) is 1. The molecule has 0 aromatic rings. The molecular weight excluding hydrogens is 196 g/mol. The van der Waals surface area contributed by atoms with Crippen molar-refractivity contribution in [3.63, 3.8) is 0 Å². The molecule has 84 valence electrons. The number of carbonyl (C=O) groups is 1. The van der Waals surface area contributed by atoms with Gasteiger partial charge >= 0.3 is 5.97 Å². The quantitative estimate of drug-likeness (QED) is 0.438. The maximum absolute atomic E-state index is 10.9. The summed E-state index contributed by atoms with van der Waals surface area (Å²) in [5.41, 5.74) is 0.327. The summed E-state index contributed by atoms with van der Waals surface area (Å²) >= 11 is 0. The first kappa shape index (κ1) is 11.9. The van der Waals surface area contributed by atoms with Crippen LogP contribution in [-0.2, 0) is 9.53 Å². The SMILES string of the molecule is C[NH2+]C=C(C(=N)C1CCOCC1)C(=O)O. The van der Waals surface area contributed by atoms with Crippen LogP contribution in [-0.4, -0.2) is 37.0 Å². The summed E-state index contributed by atoms with van der Waals surface area (Å²) in [6.45, 7) is 1.24. The van der Waals surface area contributed by atoms with Crippen LogP contribution >= 0.6 is 0 Å². The third kappa shape index (κ3) is 3.14. The van der Waals surface area contributed by atoms with Crippen LogP contribution < -0.4 is 5.32 Å². The van der Waals surface area contributed by atoms with Gasteiger partial charge in [-0.3, -0.25) is 0 Å². The van der Waals surface area contributed by atoms with Crippen molar-refractivity contribution < 1.29 is 20.0 Å². The van der Waals surface area contributed by atoms with E-state index in [0.29, 0.717) is 13.2 Å². The highest BCUT2D eigenvalue weighted by Gasteiger charge is 2.25. The van der Waals surface area contributed by atoms with E-state index in [0.717, 1.165) is 12.8 Å². The van der Waals surface area contributed by atoms with Crippen LogP contribution in [0.5, 0.6) is 0 Å². The van der Waals surface area contributed by atoms with Crippen molar-refractivity contribution in [1.29, 1.82) is 5.41 Å². The number of ether oxygens (including phenoxy) is 1. The largest absolute Gasteiger partial charge is 0.477 e. The molecule has 5 nitrogen and oxygen atoms in total. The van der Waals surface area contributed by atoms with Gasteiger partial charge in [-0.05, 0) is 12.8 Å². The Morgan fingerprint density at radius 1 is 1.53 bits per heavy atom. The van der Waals surface area contributed by atoms with E-state index in [9.17, 15) is 4.79 Å². The van der Waals surface area contributed by atoms with Crippen molar-refractivity contribution in [3.8, 4) is 0 Å².